The molecule has 0 radical (unpaired) electrons. The quantitative estimate of drug-likeness (QED) is 0.647. The molecule has 0 N–H and O–H groups in total. The minimum absolute atomic E-state index is 0.0778. The Bertz CT molecular complexity index is 982. The van der Waals surface area contributed by atoms with E-state index < -0.39 is 0 Å². The predicted octanol–water partition coefficient (Wildman–Crippen LogP) is 2.90. The maximum atomic E-state index is 12.9. The third-order valence-electron chi connectivity index (χ3n) is 5.10. The SMILES string of the molecule is CCc1cc(-c2cccc(Cl)c2)nn1CC(=O)N1CCN(c2ncccn2)CC1. The van der Waals surface area contributed by atoms with Gasteiger partial charge in [-0.05, 0) is 30.7 Å². The maximum Gasteiger partial charge on any atom is 0.244 e. The van der Waals surface area contributed by atoms with Crippen LogP contribution in [0.25, 0.3) is 11.3 Å². The number of hydrogen-bond acceptors (Lipinski definition) is 5. The number of aryl methyl sites for hydroxylation is 1. The Balaban J connectivity index is 1.42. The average molecular weight is 411 g/mol. The van der Waals surface area contributed by atoms with Gasteiger partial charge in [0.25, 0.3) is 0 Å². The first-order chi connectivity index (χ1) is 14.1. The van der Waals surface area contributed by atoms with E-state index in [0.717, 1.165) is 36.5 Å². The second kappa shape index (κ2) is 8.61. The molecule has 0 atom stereocenters. The lowest BCUT2D eigenvalue weighted by molar-refractivity contribution is -0.132. The molecule has 8 heteroatoms. The highest BCUT2D eigenvalue weighted by atomic mass is 35.5. The molecule has 4 rings (SSSR count). The van der Waals surface area contributed by atoms with Gasteiger partial charge in [0.2, 0.25) is 11.9 Å². The van der Waals surface area contributed by atoms with E-state index in [1.54, 1.807) is 18.5 Å². The fourth-order valence-corrected chi connectivity index (χ4v) is 3.69. The molecule has 0 bridgehead atoms. The zero-order valence-electron chi connectivity index (χ0n) is 16.3. The Kier molecular flexibility index (Phi) is 5.76. The molecular formula is C21H23ClN6O. The molecule has 1 saturated heterocycles. The van der Waals surface area contributed by atoms with Crippen molar-refractivity contribution in [2.24, 2.45) is 0 Å². The highest BCUT2D eigenvalue weighted by Crippen LogP contribution is 2.23. The molecule has 1 aliphatic heterocycles. The number of carbonyl (C=O) groups excluding carboxylic acids is 1. The third-order valence-corrected chi connectivity index (χ3v) is 5.33. The van der Waals surface area contributed by atoms with Crippen molar-refractivity contribution in [3.8, 4) is 11.3 Å². The minimum Gasteiger partial charge on any atom is -0.338 e. The lowest BCUT2D eigenvalue weighted by Gasteiger charge is -2.34. The van der Waals surface area contributed by atoms with Gasteiger partial charge in [0.15, 0.2) is 0 Å². The Hall–Kier alpha value is -2.93. The van der Waals surface area contributed by atoms with Crippen molar-refractivity contribution in [3.05, 3.63) is 59.5 Å². The molecule has 2 aromatic heterocycles. The van der Waals surface area contributed by atoms with Gasteiger partial charge in [-0.1, -0.05) is 30.7 Å². The number of piperazine rings is 1. The molecule has 0 spiro atoms. The molecule has 1 aromatic carbocycles. The van der Waals surface area contributed by atoms with E-state index in [-0.39, 0.29) is 12.5 Å². The van der Waals surface area contributed by atoms with E-state index in [4.69, 9.17) is 11.6 Å². The minimum atomic E-state index is 0.0778. The molecular weight excluding hydrogens is 388 g/mol. The molecule has 29 heavy (non-hydrogen) atoms. The van der Waals surface area contributed by atoms with Gasteiger partial charge in [0.1, 0.15) is 6.54 Å². The van der Waals surface area contributed by atoms with Gasteiger partial charge in [-0.2, -0.15) is 5.10 Å². The highest BCUT2D eigenvalue weighted by Gasteiger charge is 2.23. The van der Waals surface area contributed by atoms with Crippen molar-refractivity contribution < 1.29 is 4.79 Å². The largest absolute Gasteiger partial charge is 0.338 e. The van der Waals surface area contributed by atoms with Crippen LogP contribution in [0.5, 0.6) is 0 Å². The van der Waals surface area contributed by atoms with Crippen LogP contribution in [0, 0.1) is 0 Å². The van der Waals surface area contributed by atoms with Crippen molar-refractivity contribution in [1.82, 2.24) is 24.6 Å². The maximum absolute atomic E-state index is 12.9. The summed E-state index contributed by atoms with van der Waals surface area (Å²) in [6, 6.07) is 11.4. The summed E-state index contributed by atoms with van der Waals surface area (Å²) in [4.78, 5) is 25.4. The number of nitrogens with zero attached hydrogens (tertiary/aromatic N) is 6. The number of amides is 1. The van der Waals surface area contributed by atoms with Gasteiger partial charge in [-0.25, -0.2) is 9.97 Å². The van der Waals surface area contributed by atoms with E-state index in [1.807, 2.05) is 39.9 Å². The molecule has 3 heterocycles. The van der Waals surface area contributed by atoms with Crippen molar-refractivity contribution in [2.45, 2.75) is 19.9 Å². The molecule has 1 amide bonds. The number of rotatable bonds is 5. The van der Waals surface area contributed by atoms with E-state index in [1.165, 1.54) is 0 Å². The van der Waals surface area contributed by atoms with Crippen LogP contribution in [0.2, 0.25) is 5.02 Å². The fourth-order valence-electron chi connectivity index (χ4n) is 3.50. The summed E-state index contributed by atoms with van der Waals surface area (Å²) in [6.07, 6.45) is 4.28. The van der Waals surface area contributed by atoms with Crippen LogP contribution in [0.1, 0.15) is 12.6 Å². The zero-order chi connectivity index (χ0) is 20.2. The number of benzene rings is 1. The second-order valence-corrected chi connectivity index (χ2v) is 7.40. The molecule has 0 unspecified atom stereocenters. The average Bonchev–Trinajstić information content (AvgIpc) is 3.17. The summed E-state index contributed by atoms with van der Waals surface area (Å²) in [6.45, 7) is 5.07. The van der Waals surface area contributed by atoms with E-state index in [9.17, 15) is 4.79 Å². The Morgan fingerprint density at radius 3 is 2.52 bits per heavy atom. The lowest BCUT2D eigenvalue weighted by Crippen LogP contribution is -2.50. The molecule has 0 aliphatic carbocycles. The van der Waals surface area contributed by atoms with Crippen LogP contribution in [-0.4, -0.2) is 56.7 Å². The third kappa shape index (κ3) is 4.40. The van der Waals surface area contributed by atoms with Crippen molar-refractivity contribution in [1.29, 1.82) is 0 Å². The lowest BCUT2D eigenvalue weighted by atomic mass is 10.1. The van der Waals surface area contributed by atoms with Crippen molar-refractivity contribution >= 4 is 23.5 Å². The van der Waals surface area contributed by atoms with Gasteiger partial charge in [0.05, 0.1) is 5.69 Å². The first-order valence-electron chi connectivity index (χ1n) is 9.76. The number of halogens is 1. The van der Waals surface area contributed by atoms with Crippen LogP contribution < -0.4 is 4.90 Å². The second-order valence-electron chi connectivity index (χ2n) is 6.96. The molecule has 3 aromatic rings. The molecule has 7 nitrogen and oxygen atoms in total. The number of hydrogen-bond donors (Lipinski definition) is 0. The summed E-state index contributed by atoms with van der Waals surface area (Å²) in [5, 5.41) is 5.34. The Morgan fingerprint density at radius 1 is 1.07 bits per heavy atom. The molecule has 150 valence electrons. The van der Waals surface area contributed by atoms with Crippen molar-refractivity contribution in [2.75, 3.05) is 31.1 Å². The predicted molar refractivity (Wildman–Crippen MR) is 113 cm³/mol. The van der Waals surface area contributed by atoms with Gasteiger partial charge in [0, 0.05) is 54.9 Å². The monoisotopic (exact) mass is 410 g/mol. The molecule has 0 saturated carbocycles. The summed E-state index contributed by atoms with van der Waals surface area (Å²) in [5.74, 6) is 0.792. The zero-order valence-corrected chi connectivity index (χ0v) is 17.1. The van der Waals surface area contributed by atoms with Crippen LogP contribution in [0.4, 0.5) is 5.95 Å². The summed E-state index contributed by atoms with van der Waals surface area (Å²) < 4.78 is 1.81. The van der Waals surface area contributed by atoms with Gasteiger partial charge in [-0.15, -0.1) is 0 Å². The van der Waals surface area contributed by atoms with Crippen molar-refractivity contribution in [3.63, 3.8) is 0 Å². The van der Waals surface area contributed by atoms with E-state index in [2.05, 4.69) is 26.9 Å². The van der Waals surface area contributed by atoms with Crippen LogP contribution >= 0.6 is 11.6 Å². The standard InChI is InChI=1S/C21H23ClN6O/c1-2-18-14-19(16-5-3-6-17(22)13-16)25-28(18)15-20(29)26-9-11-27(12-10-26)21-23-7-4-8-24-21/h3-8,13-14H,2,9-12,15H2,1H3. The summed E-state index contributed by atoms with van der Waals surface area (Å²) in [7, 11) is 0. The number of aromatic nitrogens is 4. The summed E-state index contributed by atoms with van der Waals surface area (Å²) in [5.41, 5.74) is 2.82. The normalized spacial score (nSPS) is 14.3. The van der Waals surface area contributed by atoms with E-state index >= 15 is 0 Å². The van der Waals surface area contributed by atoms with E-state index in [0.29, 0.717) is 24.1 Å². The topological polar surface area (TPSA) is 67.2 Å². The summed E-state index contributed by atoms with van der Waals surface area (Å²) >= 11 is 6.11. The smallest absolute Gasteiger partial charge is 0.244 e. The van der Waals surface area contributed by atoms with Crippen LogP contribution in [-0.2, 0) is 17.8 Å². The number of carbonyl (C=O) groups is 1. The molecule has 1 aliphatic rings. The first-order valence-corrected chi connectivity index (χ1v) is 10.1. The Labute approximate surface area is 174 Å². The van der Waals surface area contributed by atoms with Gasteiger partial charge >= 0.3 is 0 Å². The van der Waals surface area contributed by atoms with Crippen LogP contribution in [0.15, 0.2) is 48.8 Å². The van der Waals surface area contributed by atoms with Crippen LogP contribution in [0.3, 0.4) is 0 Å². The number of anilines is 1. The highest BCUT2D eigenvalue weighted by molar-refractivity contribution is 6.30. The Morgan fingerprint density at radius 2 is 1.83 bits per heavy atom. The molecule has 1 fully saturated rings. The first kappa shape index (κ1) is 19.4. The van der Waals surface area contributed by atoms with Gasteiger partial charge in [-0.3, -0.25) is 9.48 Å². The van der Waals surface area contributed by atoms with Gasteiger partial charge < -0.3 is 9.80 Å². The fraction of sp³-hybridized carbons (Fsp3) is 0.333.